The highest BCUT2D eigenvalue weighted by molar-refractivity contribution is 7.99. The first kappa shape index (κ1) is 19.5. The van der Waals surface area contributed by atoms with Crippen molar-refractivity contribution in [2.75, 3.05) is 12.9 Å². The number of hydrazine groups is 1. The van der Waals surface area contributed by atoms with E-state index >= 15 is 0 Å². The molecule has 1 aliphatic rings. The first-order valence-corrected chi connectivity index (χ1v) is 9.92. The lowest BCUT2D eigenvalue weighted by Gasteiger charge is -2.11. The second kappa shape index (κ2) is 9.09. The molecule has 2 aromatic rings. The summed E-state index contributed by atoms with van der Waals surface area (Å²) in [5.74, 6) is 0.596. The van der Waals surface area contributed by atoms with Gasteiger partial charge in [-0.2, -0.15) is 0 Å². The molecule has 0 unspecified atom stereocenters. The Morgan fingerprint density at radius 2 is 2.11 bits per heavy atom. The standard InChI is InChI=1S/C17H20ClN5O3S/c1-26-13-7-6-11(18)9-12(13)16(25)21-20-15(24)10-27-17-22-19-14-5-3-2-4-8-23(14)17/h6-7,9H,2-5,8,10H2,1H3,(H,20,24)(H,21,25). The minimum Gasteiger partial charge on any atom is -0.496 e. The van der Waals surface area contributed by atoms with E-state index in [-0.39, 0.29) is 17.2 Å². The number of halogens is 1. The molecule has 0 aliphatic carbocycles. The molecule has 27 heavy (non-hydrogen) atoms. The smallest absolute Gasteiger partial charge is 0.273 e. The lowest BCUT2D eigenvalue weighted by molar-refractivity contribution is -0.119. The van der Waals surface area contributed by atoms with Crippen LogP contribution in [0, 0.1) is 0 Å². The molecule has 0 saturated heterocycles. The maximum absolute atomic E-state index is 12.2. The van der Waals surface area contributed by atoms with Gasteiger partial charge in [0.25, 0.3) is 5.91 Å². The van der Waals surface area contributed by atoms with Gasteiger partial charge >= 0.3 is 0 Å². The Hall–Kier alpha value is -2.26. The van der Waals surface area contributed by atoms with Crippen molar-refractivity contribution in [1.82, 2.24) is 25.6 Å². The van der Waals surface area contributed by atoms with E-state index < -0.39 is 5.91 Å². The topological polar surface area (TPSA) is 98.1 Å². The van der Waals surface area contributed by atoms with Gasteiger partial charge in [0.15, 0.2) is 5.16 Å². The molecule has 2 amide bonds. The molecule has 1 aromatic carbocycles. The monoisotopic (exact) mass is 409 g/mol. The summed E-state index contributed by atoms with van der Waals surface area (Å²) >= 11 is 7.21. The van der Waals surface area contributed by atoms with Crippen molar-refractivity contribution < 1.29 is 14.3 Å². The van der Waals surface area contributed by atoms with E-state index in [9.17, 15) is 9.59 Å². The highest BCUT2D eigenvalue weighted by atomic mass is 35.5. The summed E-state index contributed by atoms with van der Waals surface area (Å²) in [6, 6.07) is 4.68. The van der Waals surface area contributed by atoms with Crippen LogP contribution in [0.5, 0.6) is 5.75 Å². The number of amides is 2. The molecule has 0 atom stereocenters. The summed E-state index contributed by atoms with van der Waals surface area (Å²) in [6.07, 6.45) is 4.29. The van der Waals surface area contributed by atoms with Gasteiger partial charge in [0.1, 0.15) is 11.6 Å². The lowest BCUT2D eigenvalue weighted by Crippen LogP contribution is -2.42. The van der Waals surface area contributed by atoms with Crippen LogP contribution in [0.2, 0.25) is 5.02 Å². The predicted molar refractivity (Wildman–Crippen MR) is 102 cm³/mol. The van der Waals surface area contributed by atoms with Gasteiger partial charge in [0, 0.05) is 18.0 Å². The number of aryl methyl sites for hydroxylation is 1. The quantitative estimate of drug-likeness (QED) is 0.580. The Bertz CT molecular complexity index is 842. The van der Waals surface area contributed by atoms with Crippen LogP contribution in [0.15, 0.2) is 23.4 Å². The first-order valence-electron chi connectivity index (χ1n) is 8.56. The molecule has 2 N–H and O–H groups in total. The van der Waals surface area contributed by atoms with Crippen molar-refractivity contribution in [2.45, 2.75) is 37.4 Å². The Morgan fingerprint density at radius 1 is 1.26 bits per heavy atom. The van der Waals surface area contributed by atoms with Gasteiger partial charge in [0.2, 0.25) is 5.91 Å². The van der Waals surface area contributed by atoms with Crippen LogP contribution in [0.1, 0.15) is 35.4 Å². The van der Waals surface area contributed by atoms with Crippen LogP contribution in [0.3, 0.4) is 0 Å². The van der Waals surface area contributed by atoms with Crippen molar-refractivity contribution in [3.63, 3.8) is 0 Å². The molecule has 0 radical (unpaired) electrons. The van der Waals surface area contributed by atoms with E-state index in [1.54, 1.807) is 12.1 Å². The molecule has 144 valence electrons. The molecule has 8 nitrogen and oxygen atoms in total. The third-order valence-corrected chi connectivity index (χ3v) is 5.33. The van der Waals surface area contributed by atoms with Crippen molar-refractivity contribution in [3.05, 3.63) is 34.6 Å². The highest BCUT2D eigenvalue weighted by Crippen LogP contribution is 2.23. The van der Waals surface area contributed by atoms with Gasteiger partial charge in [-0.15, -0.1) is 10.2 Å². The predicted octanol–water partition coefficient (Wildman–Crippen LogP) is 2.22. The Balaban J connectivity index is 1.52. The SMILES string of the molecule is COc1ccc(Cl)cc1C(=O)NNC(=O)CSc1nnc2n1CCCCC2. The van der Waals surface area contributed by atoms with Crippen LogP contribution in [0.25, 0.3) is 0 Å². The van der Waals surface area contributed by atoms with Gasteiger partial charge in [-0.3, -0.25) is 20.4 Å². The molecule has 1 aliphatic heterocycles. The molecular weight excluding hydrogens is 390 g/mol. The van der Waals surface area contributed by atoms with Gasteiger partial charge in [-0.25, -0.2) is 0 Å². The Labute approximate surface area is 166 Å². The fourth-order valence-corrected chi connectivity index (χ4v) is 3.74. The van der Waals surface area contributed by atoms with Crippen LogP contribution in [-0.4, -0.2) is 39.4 Å². The summed E-state index contributed by atoms with van der Waals surface area (Å²) < 4.78 is 7.20. The molecule has 0 bridgehead atoms. The largest absolute Gasteiger partial charge is 0.496 e. The number of aromatic nitrogens is 3. The first-order chi connectivity index (χ1) is 13.1. The second-order valence-corrected chi connectivity index (χ2v) is 7.38. The molecule has 0 spiro atoms. The number of nitrogens with zero attached hydrogens (tertiary/aromatic N) is 3. The van der Waals surface area contributed by atoms with E-state index in [0.717, 1.165) is 36.8 Å². The normalized spacial score (nSPS) is 13.4. The van der Waals surface area contributed by atoms with Crippen LogP contribution in [-0.2, 0) is 17.8 Å². The Kier molecular flexibility index (Phi) is 6.57. The number of ether oxygens (including phenoxy) is 1. The number of methoxy groups -OCH3 is 1. The fraction of sp³-hybridized carbons (Fsp3) is 0.412. The average molecular weight is 410 g/mol. The van der Waals surface area contributed by atoms with Crippen molar-refractivity contribution in [2.24, 2.45) is 0 Å². The van der Waals surface area contributed by atoms with Gasteiger partial charge in [-0.1, -0.05) is 29.8 Å². The van der Waals surface area contributed by atoms with E-state index in [2.05, 4.69) is 25.6 Å². The number of nitrogens with one attached hydrogen (secondary N) is 2. The van der Waals surface area contributed by atoms with Crippen molar-refractivity contribution in [3.8, 4) is 5.75 Å². The maximum atomic E-state index is 12.2. The molecule has 0 saturated carbocycles. The third-order valence-electron chi connectivity index (χ3n) is 4.13. The van der Waals surface area contributed by atoms with E-state index in [1.165, 1.54) is 31.4 Å². The summed E-state index contributed by atoms with van der Waals surface area (Å²) in [7, 11) is 1.46. The van der Waals surface area contributed by atoms with Gasteiger partial charge in [0.05, 0.1) is 18.4 Å². The molecule has 0 fully saturated rings. The number of thioether (sulfide) groups is 1. The molecule has 2 heterocycles. The van der Waals surface area contributed by atoms with Crippen molar-refractivity contribution in [1.29, 1.82) is 0 Å². The zero-order valence-electron chi connectivity index (χ0n) is 14.8. The number of carbonyl (C=O) groups excluding carboxylic acids is 2. The minimum absolute atomic E-state index is 0.116. The number of benzene rings is 1. The summed E-state index contributed by atoms with van der Waals surface area (Å²) in [5, 5.41) is 9.49. The summed E-state index contributed by atoms with van der Waals surface area (Å²) in [5.41, 5.74) is 5.00. The van der Waals surface area contributed by atoms with E-state index in [0.29, 0.717) is 10.8 Å². The lowest BCUT2D eigenvalue weighted by atomic mass is 10.2. The minimum atomic E-state index is -0.510. The van der Waals surface area contributed by atoms with Crippen molar-refractivity contribution >= 4 is 35.2 Å². The molecule has 3 rings (SSSR count). The summed E-state index contributed by atoms with van der Waals surface area (Å²) in [6.45, 7) is 0.873. The van der Waals surface area contributed by atoms with Crippen LogP contribution in [0.4, 0.5) is 0 Å². The van der Waals surface area contributed by atoms with Gasteiger partial charge < -0.3 is 9.30 Å². The highest BCUT2D eigenvalue weighted by Gasteiger charge is 2.17. The number of hydrogen-bond acceptors (Lipinski definition) is 6. The Morgan fingerprint density at radius 3 is 2.93 bits per heavy atom. The summed E-state index contributed by atoms with van der Waals surface area (Å²) in [4.78, 5) is 24.3. The fourth-order valence-electron chi connectivity index (χ4n) is 2.78. The third kappa shape index (κ3) is 4.92. The zero-order chi connectivity index (χ0) is 19.2. The average Bonchev–Trinajstić information content (AvgIpc) is 2.90. The molecule has 1 aromatic heterocycles. The van der Waals surface area contributed by atoms with Gasteiger partial charge in [-0.05, 0) is 31.0 Å². The number of carbonyl (C=O) groups is 2. The number of rotatable bonds is 5. The zero-order valence-corrected chi connectivity index (χ0v) is 16.4. The molecular formula is C17H20ClN5O3S. The number of hydrogen-bond donors (Lipinski definition) is 2. The molecule has 10 heteroatoms. The van der Waals surface area contributed by atoms with E-state index in [4.69, 9.17) is 16.3 Å². The maximum Gasteiger partial charge on any atom is 0.273 e. The second-order valence-electron chi connectivity index (χ2n) is 6.00. The number of fused-ring (bicyclic) bond motifs is 1. The van der Waals surface area contributed by atoms with Crippen LogP contribution < -0.4 is 15.6 Å². The van der Waals surface area contributed by atoms with E-state index in [1.807, 2.05) is 0 Å². The van der Waals surface area contributed by atoms with Crippen LogP contribution >= 0.6 is 23.4 Å².